The maximum atomic E-state index is 11.2. The summed E-state index contributed by atoms with van der Waals surface area (Å²) in [6.07, 6.45) is 0.911. The lowest BCUT2D eigenvalue weighted by atomic mass is 10.1. The van der Waals surface area contributed by atoms with Crippen LogP contribution in [-0.2, 0) is 4.79 Å². The van der Waals surface area contributed by atoms with Crippen molar-refractivity contribution in [3.05, 3.63) is 0 Å². The van der Waals surface area contributed by atoms with E-state index in [4.69, 9.17) is 0 Å². The van der Waals surface area contributed by atoms with Crippen LogP contribution in [0.1, 0.15) is 34.1 Å². The van der Waals surface area contributed by atoms with Crippen molar-refractivity contribution >= 4 is 5.91 Å². The van der Waals surface area contributed by atoms with Crippen molar-refractivity contribution in [3.63, 3.8) is 0 Å². The average Bonchev–Trinajstić information content (AvgIpc) is 2.19. The maximum absolute atomic E-state index is 11.2. The summed E-state index contributed by atoms with van der Waals surface area (Å²) in [5, 5.41) is 2.88. The number of rotatable bonds is 5. The van der Waals surface area contributed by atoms with Gasteiger partial charge in [0.1, 0.15) is 0 Å². The smallest absolute Gasteiger partial charge is 0.222 e. The summed E-state index contributed by atoms with van der Waals surface area (Å²) in [5.41, 5.74) is 0. The Bertz CT molecular complexity index is 135. The second-order valence-electron chi connectivity index (χ2n) is 3.40. The topological polar surface area (TPSA) is 32.3 Å². The molecule has 0 fully saturated rings. The highest BCUT2D eigenvalue weighted by Crippen LogP contribution is 1.98. The molecule has 3 nitrogen and oxygen atoms in total. The number of hydrogen-bond acceptors (Lipinski definition) is 2. The van der Waals surface area contributed by atoms with Gasteiger partial charge < -0.3 is 10.2 Å². The van der Waals surface area contributed by atoms with Gasteiger partial charge in [-0.1, -0.05) is 27.7 Å². The van der Waals surface area contributed by atoms with Crippen molar-refractivity contribution in [2.75, 3.05) is 27.2 Å². The number of amides is 1. The summed E-state index contributed by atoms with van der Waals surface area (Å²) in [7, 11) is 3.99. The molecule has 1 atom stereocenters. The second-order valence-corrected chi connectivity index (χ2v) is 3.40. The maximum Gasteiger partial charge on any atom is 0.222 e. The van der Waals surface area contributed by atoms with Crippen molar-refractivity contribution in [1.29, 1.82) is 0 Å². The van der Waals surface area contributed by atoms with Gasteiger partial charge in [-0.2, -0.15) is 0 Å². The zero-order valence-electron chi connectivity index (χ0n) is 10.6. The third kappa shape index (κ3) is 9.52. The highest BCUT2D eigenvalue weighted by atomic mass is 16.1. The lowest BCUT2D eigenvalue weighted by molar-refractivity contribution is -0.124. The molecule has 3 heteroatoms. The fraction of sp³-hybridized carbons (Fsp3) is 0.909. The first-order valence-corrected chi connectivity index (χ1v) is 5.50. The number of nitrogens with one attached hydrogen (secondary N) is 1. The summed E-state index contributed by atoms with van der Waals surface area (Å²) in [5.74, 6) is 0.312. The normalized spacial score (nSPS) is 11.6. The predicted molar refractivity (Wildman–Crippen MR) is 62.4 cm³/mol. The predicted octanol–water partition coefficient (Wildman–Crippen LogP) is 1.74. The zero-order chi connectivity index (χ0) is 11.6. The molecule has 1 N–H and O–H groups in total. The fourth-order valence-electron chi connectivity index (χ4n) is 0.762. The Hall–Kier alpha value is -0.570. The molecular formula is C11H26N2O. The minimum absolute atomic E-state index is 0.146. The minimum atomic E-state index is 0.146. The summed E-state index contributed by atoms with van der Waals surface area (Å²) >= 11 is 0. The Labute approximate surface area is 88.9 Å². The molecule has 1 amide bonds. The van der Waals surface area contributed by atoms with Crippen LogP contribution in [0.15, 0.2) is 0 Å². The molecule has 0 saturated carbocycles. The van der Waals surface area contributed by atoms with Crippen molar-refractivity contribution in [1.82, 2.24) is 10.2 Å². The van der Waals surface area contributed by atoms with E-state index in [-0.39, 0.29) is 11.8 Å². The summed E-state index contributed by atoms with van der Waals surface area (Å²) in [6, 6.07) is 0. The molecule has 0 aliphatic heterocycles. The van der Waals surface area contributed by atoms with E-state index < -0.39 is 0 Å². The van der Waals surface area contributed by atoms with Gasteiger partial charge in [-0.25, -0.2) is 0 Å². The van der Waals surface area contributed by atoms with Crippen LogP contribution in [0, 0.1) is 5.92 Å². The van der Waals surface area contributed by atoms with Crippen LogP contribution in [0.4, 0.5) is 0 Å². The van der Waals surface area contributed by atoms with E-state index in [0.717, 1.165) is 19.5 Å². The summed E-state index contributed by atoms with van der Waals surface area (Å²) in [4.78, 5) is 13.3. The monoisotopic (exact) mass is 202 g/mol. The molecule has 0 heterocycles. The van der Waals surface area contributed by atoms with Gasteiger partial charge in [0.05, 0.1) is 0 Å². The van der Waals surface area contributed by atoms with E-state index in [1.807, 2.05) is 41.8 Å². The molecule has 0 aliphatic rings. The standard InChI is InChI=1S/C9H20N2O.C2H6/c1-5-8(2)9(12)10-6-7-11(3)4;1-2/h8H,5-7H2,1-4H3,(H,10,12);1-2H3. The van der Waals surface area contributed by atoms with E-state index >= 15 is 0 Å². The quantitative estimate of drug-likeness (QED) is 0.736. The van der Waals surface area contributed by atoms with Gasteiger partial charge in [0.25, 0.3) is 0 Å². The van der Waals surface area contributed by atoms with E-state index in [0.29, 0.717) is 0 Å². The lowest BCUT2D eigenvalue weighted by Gasteiger charge is -2.12. The number of hydrogen-bond donors (Lipinski definition) is 1. The first-order chi connectivity index (χ1) is 6.57. The molecule has 0 aromatic carbocycles. The molecule has 0 rings (SSSR count). The molecule has 0 saturated heterocycles. The minimum Gasteiger partial charge on any atom is -0.355 e. The third-order valence-electron chi connectivity index (χ3n) is 1.92. The number of nitrogens with zero attached hydrogens (tertiary/aromatic N) is 1. The fourth-order valence-corrected chi connectivity index (χ4v) is 0.762. The Morgan fingerprint density at radius 1 is 1.36 bits per heavy atom. The van der Waals surface area contributed by atoms with Crippen molar-refractivity contribution in [2.45, 2.75) is 34.1 Å². The van der Waals surface area contributed by atoms with E-state index in [9.17, 15) is 4.79 Å². The van der Waals surface area contributed by atoms with Gasteiger partial charge in [0, 0.05) is 19.0 Å². The van der Waals surface area contributed by atoms with Crippen LogP contribution in [-0.4, -0.2) is 38.0 Å². The lowest BCUT2D eigenvalue weighted by Crippen LogP contribution is -2.34. The first kappa shape index (κ1) is 15.9. The highest BCUT2D eigenvalue weighted by molar-refractivity contribution is 5.78. The SMILES string of the molecule is CC.CCC(C)C(=O)NCCN(C)C. The van der Waals surface area contributed by atoms with Gasteiger partial charge in [-0.05, 0) is 20.5 Å². The van der Waals surface area contributed by atoms with Crippen LogP contribution >= 0.6 is 0 Å². The van der Waals surface area contributed by atoms with Crippen LogP contribution in [0.25, 0.3) is 0 Å². The van der Waals surface area contributed by atoms with Crippen molar-refractivity contribution < 1.29 is 4.79 Å². The molecule has 86 valence electrons. The Balaban J connectivity index is 0. The van der Waals surface area contributed by atoms with Crippen LogP contribution in [0.2, 0.25) is 0 Å². The van der Waals surface area contributed by atoms with Gasteiger partial charge >= 0.3 is 0 Å². The highest BCUT2D eigenvalue weighted by Gasteiger charge is 2.08. The summed E-state index contributed by atoms with van der Waals surface area (Å²) < 4.78 is 0. The molecule has 14 heavy (non-hydrogen) atoms. The van der Waals surface area contributed by atoms with Crippen molar-refractivity contribution in [2.24, 2.45) is 5.92 Å². The molecule has 0 spiro atoms. The van der Waals surface area contributed by atoms with Crippen LogP contribution in [0.3, 0.4) is 0 Å². The Morgan fingerprint density at radius 3 is 2.21 bits per heavy atom. The van der Waals surface area contributed by atoms with Gasteiger partial charge in [-0.3, -0.25) is 4.79 Å². The largest absolute Gasteiger partial charge is 0.355 e. The zero-order valence-corrected chi connectivity index (χ0v) is 10.6. The molecule has 0 aliphatic carbocycles. The van der Waals surface area contributed by atoms with Crippen LogP contribution in [0.5, 0.6) is 0 Å². The van der Waals surface area contributed by atoms with Gasteiger partial charge in [-0.15, -0.1) is 0 Å². The van der Waals surface area contributed by atoms with Gasteiger partial charge in [0.2, 0.25) is 5.91 Å². The molecule has 1 unspecified atom stereocenters. The van der Waals surface area contributed by atoms with Crippen LogP contribution < -0.4 is 5.32 Å². The van der Waals surface area contributed by atoms with E-state index in [1.54, 1.807) is 0 Å². The van der Waals surface area contributed by atoms with Crippen molar-refractivity contribution in [3.8, 4) is 0 Å². The number of carbonyl (C=O) groups is 1. The molecule has 0 bridgehead atoms. The van der Waals surface area contributed by atoms with E-state index in [1.165, 1.54) is 0 Å². The second kappa shape index (κ2) is 10.5. The Kier molecular flexibility index (Phi) is 11.9. The molecule has 0 radical (unpaired) electrons. The Morgan fingerprint density at radius 2 is 1.86 bits per heavy atom. The first-order valence-electron chi connectivity index (χ1n) is 5.50. The van der Waals surface area contributed by atoms with Gasteiger partial charge in [0.15, 0.2) is 0 Å². The third-order valence-corrected chi connectivity index (χ3v) is 1.92. The van der Waals surface area contributed by atoms with E-state index in [2.05, 4.69) is 10.2 Å². The number of likely N-dealkylation sites (N-methyl/N-ethyl adjacent to an activating group) is 1. The average molecular weight is 202 g/mol. The summed E-state index contributed by atoms with van der Waals surface area (Å²) in [6.45, 7) is 9.62. The molecule has 0 aromatic heterocycles. The molecule has 0 aromatic rings. The number of carbonyl (C=O) groups excluding carboxylic acids is 1. The molecular weight excluding hydrogens is 176 g/mol.